The molecule has 2 rings (SSSR count). The maximum atomic E-state index is 12.7. The fourth-order valence-electron chi connectivity index (χ4n) is 1.20. The van der Waals surface area contributed by atoms with Crippen molar-refractivity contribution in [3.8, 4) is 0 Å². The molecular weight excluding hydrogens is 299 g/mol. The first-order valence-corrected chi connectivity index (χ1v) is 7.70. The minimum absolute atomic E-state index is 0.0217. The molecule has 1 heterocycles. The van der Waals surface area contributed by atoms with Gasteiger partial charge in [-0.1, -0.05) is 0 Å². The minimum Gasteiger partial charge on any atom is -0.255 e. The van der Waals surface area contributed by atoms with E-state index >= 15 is 0 Å². The highest BCUT2D eigenvalue weighted by Gasteiger charge is 2.15. The molecule has 2 aromatic rings. The summed E-state index contributed by atoms with van der Waals surface area (Å²) in [7, 11) is -3.74. The van der Waals surface area contributed by atoms with Crippen molar-refractivity contribution < 1.29 is 12.8 Å². The van der Waals surface area contributed by atoms with E-state index in [1.807, 2.05) is 0 Å². The molecule has 0 amide bonds. The first kappa shape index (κ1) is 13.3. The number of hydrogen-bond acceptors (Lipinski definition) is 4. The fraction of sp³-hybridized carbons (Fsp3) is 0.100. The van der Waals surface area contributed by atoms with E-state index in [0.717, 1.165) is 23.5 Å². The smallest absolute Gasteiger partial charge is 0.255 e. The molecule has 0 aliphatic heterocycles. The molecule has 0 atom stereocenters. The number of aromatic nitrogens is 1. The van der Waals surface area contributed by atoms with Crippen LogP contribution in [-0.2, 0) is 15.9 Å². The highest BCUT2D eigenvalue weighted by Crippen LogP contribution is 2.21. The third-order valence-corrected chi connectivity index (χ3v) is 4.60. The van der Waals surface area contributed by atoms with Crippen LogP contribution in [-0.4, -0.2) is 13.4 Å². The van der Waals surface area contributed by atoms with E-state index < -0.39 is 15.8 Å². The van der Waals surface area contributed by atoms with Gasteiger partial charge < -0.3 is 0 Å². The molecular formula is C10H8ClFN2O2S2. The number of benzene rings is 1. The Morgan fingerprint density at radius 2 is 2.00 bits per heavy atom. The molecule has 0 aliphatic rings. The van der Waals surface area contributed by atoms with E-state index in [4.69, 9.17) is 11.6 Å². The number of nitrogens with one attached hydrogen (secondary N) is 1. The lowest BCUT2D eigenvalue weighted by molar-refractivity contribution is 0.599. The van der Waals surface area contributed by atoms with Gasteiger partial charge in [-0.05, 0) is 24.3 Å². The van der Waals surface area contributed by atoms with Gasteiger partial charge in [0.25, 0.3) is 10.0 Å². The van der Waals surface area contributed by atoms with Crippen molar-refractivity contribution in [3.63, 3.8) is 0 Å². The maximum Gasteiger partial charge on any atom is 0.263 e. The van der Waals surface area contributed by atoms with Crippen molar-refractivity contribution in [2.75, 3.05) is 4.72 Å². The van der Waals surface area contributed by atoms with Gasteiger partial charge in [-0.2, -0.15) is 0 Å². The van der Waals surface area contributed by atoms with Crippen molar-refractivity contribution in [2.45, 2.75) is 10.8 Å². The summed E-state index contributed by atoms with van der Waals surface area (Å²) >= 11 is 6.71. The summed E-state index contributed by atoms with van der Waals surface area (Å²) in [6, 6.07) is 4.54. The Morgan fingerprint density at radius 3 is 2.56 bits per heavy atom. The van der Waals surface area contributed by atoms with Crippen LogP contribution in [0.3, 0.4) is 0 Å². The summed E-state index contributed by atoms with van der Waals surface area (Å²) < 4.78 is 38.8. The largest absolute Gasteiger partial charge is 0.263 e. The SMILES string of the molecule is O=S(=O)(Nc1nc(CCl)cs1)c1ccc(F)cc1. The number of alkyl halides is 1. The van der Waals surface area contributed by atoms with Gasteiger partial charge >= 0.3 is 0 Å². The van der Waals surface area contributed by atoms with E-state index in [1.54, 1.807) is 5.38 Å². The van der Waals surface area contributed by atoms with Crippen LogP contribution in [0.1, 0.15) is 5.69 Å². The Hall–Kier alpha value is -1.18. The first-order chi connectivity index (χ1) is 8.51. The Kier molecular flexibility index (Phi) is 3.84. The third kappa shape index (κ3) is 2.98. The highest BCUT2D eigenvalue weighted by atomic mass is 35.5. The van der Waals surface area contributed by atoms with Crippen molar-refractivity contribution in [1.82, 2.24) is 4.98 Å². The van der Waals surface area contributed by atoms with Crippen LogP contribution in [0.2, 0.25) is 0 Å². The molecule has 0 saturated carbocycles. The van der Waals surface area contributed by atoms with Crippen LogP contribution < -0.4 is 4.72 Å². The van der Waals surface area contributed by atoms with Gasteiger partial charge in [0.15, 0.2) is 5.13 Å². The minimum atomic E-state index is -3.74. The molecule has 18 heavy (non-hydrogen) atoms. The molecule has 1 aromatic carbocycles. The molecule has 0 fully saturated rings. The molecule has 1 N–H and O–H groups in total. The van der Waals surface area contributed by atoms with Crippen LogP contribution in [0.5, 0.6) is 0 Å². The second-order valence-electron chi connectivity index (χ2n) is 3.34. The third-order valence-electron chi connectivity index (χ3n) is 2.03. The monoisotopic (exact) mass is 306 g/mol. The van der Waals surface area contributed by atoms with Crippen molar-refractivity contribution >= 4 is 38.1 Å². The average Bonchev–Trinajstić information content (AvgIpc) is 2.76. The molecule has 1 aromatic heterocycles. The van der Waals surface area contributed by atoms with Gasteiger partial charge in [-0.25, -0.2) is 17.8 Å². The lowest BCUT2D eigenvalue weighted by atomic mass is 10.4. The Balaban J connectivity index is 2.24. The van der Waals surface area contributed by atoms with E-state index in [9.17, 15) is 12.8 Å². The second kappa shape index (κ2) is 5.21. The summed E-state index contributed by atoms with van der Waals surface area (Å²) in [6.45, 7) is 0. The molecule has 0 spiro atoms. The highest BCUT2D eigenvalue weighted by molar-refractivity contribution is 7.93. The van der Waals surface area contributed by atoms with Gasteiger partial charge in [0.05, 0.1) is 16.5 Å². The van der Waals surface area contributed by atoms with Gasteiger partial charge in [0.2, 0.25) is 0 Å². The number of hydrogen-bond donors (Lipinski definition) is 1. The maximum absolute atomic E-state index is 12.7. The van der Waals surface area contributed by atoms with E-state index in [-0.39, 0.29) is 15.9 Å². The number of anilines is 1. The summed E-state index contributed by atoms with van der Waals surface area (Å²) in [6.07, 6.45) is 0. The molecule has 96 valence electrons. The zero-order valence-corrected chi connectivity index (χ0v) is 11.3. The lowest BCUT2D eigenvalue weighted by Gasteiger charge is -2.04. The Bertz CT molecular complexity index is 640. The zero-order valence-electron chi connectivity index (χ0n) is 8.93. The summed E-state index contributed by atoms with van der Waals surface area (Å²) in [5.74, 6) is -0.276. The molecule has 4 nitrogen and oxygen atoms in total. The number of thiazole rings is 1. The van der Waals surface area contributed by atoms with Crippen molar-refractivity contribution in [3.05, 3.63) is 41.2 Å². The fourth-order valence-corrected chi connectivity index (χ4v) is 3.39. The Morgan fingerprint density at radius 1 is 1.33 bits per heavy atom. The zero-order chi connectivity index (χ0) is 13.2. The van der Waals surface area contributed by atoms with Crippen LogP contribution in [0.15, 0.2) is 34.5 Å². The van der Waals surface area contributed by atoms with Crippen LogP contribution in [0, 0.1) is 5.82 Å². The molecule has 0 radical (unpaired) electrons. The predicted octanol–water partition coefficient (Wildman–Crippen LogP) is 2.82. The number of rotatable bonds is 4. The molecule has 8 heteroatoms. The molecule has 0 saturated heterocycles. The molecule has 0 aliphatic carbocycles. The summed E-state index contributed by atoms with van der Waals surface area (Å²) in [5, 5.41) is 1.89. The topological polar surface area (TPSA) is 59.1 Å². The van der Waals surface area contributed by atoms with Crippen LogP contribution >= 0.6 is 22.9 Å². The van der Waals surface area contributed by atoms with Crippen molar-refractivity contribution in [2.24, 2.45) is 0 Å². The quantitative estimate of drug-likeness (QED) is 0.884. The normalized spacial score (nSPS) is 11.4. The number of sulfonamides is 1. The summed E-state index contributed by atoms with van der Waals surface area (Å²) in [5.41, 5.74) is 0.596. The van der Waals surface area contributed by atoms with Crippen LogP contribution in [0.4, 0.5) is 9.52 Å². The average molecular weight is 307 g/mol. The van der Waals surface area contributed by atoms with Gasteiger partial charge in [-0.15, -0.1) is 22.9 Å². The van der Waals surface area contributed by atoms with Gasteiger partial charge in [0, 0.05) is 5.38 Å². The lowest BCUT2D eigenvalue weighted by Crippen LogP contribution is -2.12. The predicted molar refractivity (Wildman–Crippen MR) is 68.9 cm³/mol. The van der Waals surface area contributed by atoms with E-state index in [2.05, 4.69) is 9.71 Å². The number of halogens is 2. The van der Waals surface area contributed by atoms with E-state index in [1.165, 1.54) is 12.1 Å². The number of nitrogens with zero attached hydrogens (tertiary/aromatic N) is 1. The van der Waals surface area contributed by atoms with Crippen LogP contribution in [0.25, 0.3) is 0 Å². The van der Waals surface area contributed by atoms with Gasteiger partial charge in [-0.3, -0.25) is 4.72 Å². The van der Waals surface area contributed by atoms with Crippen molar-refractivity contribution in [1.29, 1.82) is 0 Å². The molecule has 0 unspecified atom stereocenters. The summed E-state index contributed by atoms with van der Waals surface area (Å²) in [4.78, 5) is 3.96. The van der Waals surface area contributed by atoms with E-state index in [0.29, 0.717) is 5.69 Å². The Labute approximate surface area is 112 Å². The first-order valence-electron chi connectivity index (χ1n) is 4.80. The molecule has 0 bridgehead atoms. The van der Waals surface area contributed by atoms with Gasteiger partial charge in [0.1, 0.15) is 5.82 Å². The second-order valence-corrected chi connectivity index (χ2v) is 6.14. The standard InChI is InChI=1S/C10H8ClFN2O2S2/c11-5-8-6-17-10(13-8)14-18(15,16)9-3-1-7(12)2-4-9/h1-4,6H,5H2,(H,13,14).